The molecule has 4 nitrogen and oxygen atoms in total. The van der Waals surface area contributed by atoms with Crippen molar-refractivity contribution in [1.82, 2.24) is 10.2 Å². The van der Waals surface area contributed by atoms with Gasteiger partial charge in [0.05, 0.1) is 31.9 Å². The number of hydrogen-bond acceptors (Lipinski definition) is 4. The largest absolute Gasteiger partial charge is 0.496 e. The Hall–Kier alpha value is -2.58. The van der Waals surface area contributed by atoms with Gasteiger partial charge in [-0.2, -0.15) is 0 Å². The third-order valence-electron chi connectivity index (χ3n) is 6.81. The number of methoxy groups -OCH3 is 1. The topological polar surface area (TPSA) is 33.7 Å². The molecule has 2 aliphatic rings. The Kier molecular flexibility index (Phi) is 8.34. The summed E-state index contributed by atoms with van der Waals surface area (Å²) in [6, 6.07) is 10.2. The van der Waals surface area contributed by atoms with Crippen molar-refractivity contribution in [2.75, 3.05) is 40.0 Å². The minimum absolute atomic E-state index is 0.0426. The number of benzene rings is 2. The molecule has 0 amide bonds. The quantitative estimate of drug-likeness (QED) is 0.328. The van der Waals surface area contributed by atoms with Gasteiger partial charge in [-0.15, -0.1) is 0 Å². The van der Waals surface area contributed by atoms with E-state index < -0.39 is 31.5 Å². The van der Waals surface area contributed by atoms with Crippen molar-refractivity contribution in [2.45, 2.75) is 44.7 Å². The second kappa shape index (κ2) is 11.4. The van der Waals surface area contributed by atoms with Crippen LogP contribution in [-0.2, 0) is 6.42 Å². The maximum Gasteiger partial charge on any atom is 0.251 e. The Morgan fingerprint density at radius 1 is 1.11 bits per heavy atom. The van der Waals surface area contributed by atoms with Gasteiger partial charge >= 0.3 is 0 Å². The molecule has 0 fully saturated rings. The van der Waals surface area contributed by atoms with Crippen molar-refractivity contribution in [2.24, 2.45) is 0 Å². The average Bonchev–Trinajstić information content (AvgIpc) is 3.20. The maximum atomic E-state index is 16.0. The molecule has 1 aliphatic carbocycles. The lowest BCUT2D eigenvalue weighted by Gasteiger charge is -2.42. The Morgan fingerprint density at radius 2 is 1.89 bits per heavy atom. The van der Waals surface area contributed by atoms with Crippen molar-refractivity contribution in [3.8, 4) is 11.5 Å². The lowest BCUT2D eigenvalue weighted by atomic mass is 9.84. The molecule has 0 unspecified atom stereocenters. The standard InChI is InChI=1S/C27H32F4N2O2/c1-17-14-20-19-7-4-3-6-18(19)15-21(20)27(33(17)16-24(29)30)25-22(34-2)8-9-23(26(25)31)35-13-12-32-11-5-10-28/h3-4,6-9,17,24,27,32H,5,10-16H2,1-2H3/t17-,27+/m1/s1. The molecule has 0 aromatic heterocycles. The summed E-state index contributed by atoms with van der Waals surface area (Å²) in [6.07, 6.45) is -0.954. The predicted octanol–water partition coefficient (Wildman–Crippen LogP) is 5.57. The molecule has 2 atom stereocenters. The second-order valence-electron chi connectivity index (χ2n) is 9.02. The first-order chi connectivity index (χ1) is 17.0. The summed E-state index contributed by atoms with van der Waals surface area (Å²) >= 11 is 0. The Balaban J connectivity index is 1.72. The summed E-state index contributed by atoms with van der Waals surface area (Å²) in [5.41, 5.74) is 4.51. The Bertz CT molecular complexity index is 1060. The second-order valence-corrected chi connectivity index (χ2v) is 9.02. The first-order valence-corrected chi connectivity index (χ1v) is 12.1. The zero-order valence-electron chi connectivity index (χ0n) is 20.1. The molecule has 8 heteroatoms. The van der Waals surface area contributed by atoms with Crippen LogP contribution in [0.3, 0.4) is 0 Å². The molecule has 0 spiro atoms. The number of fused-ring (bicyclic) bond motifs is 2. The number of rotatable bonds is 11. The summed E-state index contributed by atoms with van der Waals surface area (Å²) in [6.45, 7) is 2.18. The average molecular weight is 493 g/mol. The third kappa shape index (κ3) is 5.33. The van der Waals surface area contributed by atoms with Crippen LogP contribution in [-0.4, -0.2) is 57.4 Å². The molecule has 4 rings (SSSR count). The molecule has 0 saturated heterocycles. The molecule has 2 aromatic carbocycles. The summed E-state index contributed by atoms with van der Waals surface area (Å²) in [4.78, 5) is 1.69. The van der Waals surface area contributed by atoms with E-state index in [1.54, 1.807) is 11.0 Å². The van der Waals surface area contributed by atoms with E-state index in [9.17, 15) is 13.2 Å². The smallest absolute Gasteiger partial charge is 0.251 e. The summed E-state index contributed by atoms with van der Waals surface area (Å²) in [5, 5.41) is 3.04. The molecular weight excluding hydrogens is 460 g/mol. The lowest BCUT2D eigenvalue weighted by molar-refractivity contribution is 0.0465. The number of nitrogens with zero attached hydrogens (tertiary/aromatic N) is 1. The fourth-order valence-electron chi connectivity index (χ4n) is 5.26. The van der Waals surface area contributed by atoms with Gasteiger partial charge in [-0.25, -0.2) is 13.2 Å². The predicted molar refractivity (Wildman–Crippen MR) is 129 cm³/mol. The Morgan fingerprint density at radius 3 is 2.63 bits per heavy atom. The summed E-state index contributed by atoms with van der Waals surface area (Å²) < 4.78 is 66.9. The molecular formula is C27H32F4N2O2. The van der Waals surface area contributed by atoms with Crippen LogP contribution < -0.4 is 14.8 Å². The normalized spacial score (nSPS) is 19.7. The number of halogens is 4. The van der Waals surface area contributed by atoms with Crippen molar-refractivity contribution < 1.29 is 27.0 Å². The number of ether oxygens (including phenoxy) is 2. The van der Waals surface area contributed by atoms with Crippen molar-refractivity contribution in [3.63, 3.8) is 0 Å². The van der Waals surface area contributed by atoms with Gasteiger partial charge in [-0.3, -0.25) is 9.29 Å². The molecule has 0 radical (unpaired) electrons. The Labute approximate surface area is 203 Å². The van der Waals surface area contributed by atoms with Gasteiger partial charge in [0.25, 0.3) is 6.43 Å². The van der Waals surface area contributed by atoms with E-state index in [2.05, 4.69) is 5.32 Å². The highest BCUT2D eigenvalue weighted by molar-refractivity contribution is 5.79. The maximum absolute atomic E-state index is 16.0. The van der Waals surface area contributed by atoms with Gasteiger partial charge in [0.2, 0.25) is 0 Å². The zero-order valence-corrected chi connectivity index (χ0v) is 20.1. The monoisotopic (exact) mass is 492 g/mol. The van der Waals surface area contributed by atoms with Gasteiger partial charge in [-0.05, 0) is 67.1 Å². The minimum atomic E-state index is -2.56. The van der Waals surface area contributed by atoms with Crippen LogP contribution in [0.5, 0.6) is 11.5 Å². The van der Waals surface area contributed by atoms with E-state index >= 15 is 4.39 Å². The van der Waals surface area contributed by atoms with Crippen LogP contribution in [0.4, 0.5) is 17.6 Å². The fraction of sp³-hybridized carbons (Fsp3) is 0.481. The molecule has 1 N–H and O–H groups in total. The van der Waals surface area contributed by atoms with Gasteiger partial charge < -0.3 is 14.8 Å². The van der Waals surface area contributed by atoms with E-state index in [1.165, 1.54) is 13.2 Å². The van der Waals surface area contributed by atoms with Crippen LogP contribution in [0.15, 0.2) is 42.0 Å². The van der Waals surface area contributed by atoms with Gasteiger partial charge in [0.1, 0.15) is 12.4 Å². The van der Waals surface area contributed by atoms with Gasteiger partial charge in [0, 0.05) is 12.6 Å². The molecule has 2 aromatic rings. The highest BCUT2D eigenvalue weighted by atomic mass is 19.3. The van der Waals surface area contributed by atoms with E-state index in [1.807, 2.05) is 31.2 Å². The number of alkyl halides is 3. The molecule has 190 valence electrons. The minimum Gasteiger partial charge on any atom is -0.496 e. The van der Waals surface area contributed by atoms with Crippen LogP contribution in [0.1, 0.15) is 42.5 Å². The molecule has 0 saturated carbocycles. The molecule has 1 heterocycles. The fourth-order valence-corrected chi connectivity index (χ4v) is 5.26. The zero-order chi connectivity index (χ0) is 24.9. The summed E-state index contributed by atoms with van der Waals surface area (Å²) in [7, 11) is 1.45. The van der Waals surface area contributed by atoms with E-state index in [4.69, 9.17) is 9.47 Å². The van der Waals surface area contributed by atoms with Crippen molar-refractivity contribution in [3.05, 3.63) is 64.5 Å². The first kappa shape index (κ1) is 25.5. The molecule has 0 bridgehead atoms. The third-order valence-corrected chi connectivity index (χ3v) is 6.81. The van der Waals surface area contributed by atoms with Crippen LogP contribution in [0.2, 0.25) is 0 Å². The highest BCUT2D eigenvalue weighted by Gasteiger charge is 2.42. The number of hydrogen-bond donors (Lipinski definition) is 1. The lowest BCUT2D eigenvalue weighted by Crippen LogP contribution is -2.44. The molecule has 1 aliphatic heterocycles. The van der Waals surface area contributed by atoms with E-state index in [0.717, 1.165) is 22.3 Å². The van der Waals surface area contributed by atoms with E-state index in [0.29, 0.717) is 38.1 Å². The highest BCUT2D eigenvalue weighted by Crippen LogP contribution is 2.51. The van der Waals surface area contributed by atoms with E-state index in [-0.39, 0.29) is 24.0 Å². The SMILES string of the molecule is COc1ccc(OCCNCCCF)c(F)c1[C@@H]1C2=C(C[C@@H](C)N1CC(F)F)c1ccccc1C2. The van der Waals surface area contributed by atoms with Crippen molar-refractivity contribution >= 4 is 5.57 Å². The van der Waals surface area contributed by atoms with Crippen LogP contribution in [0.25, 0.3) is 5.57 Å². The molecule has 35 heavy (non-hydrogen) atoms. The van der Waals surface area contributed by atoms with Gasteiger partial charge in [-0.1, -0.05) is 24.3 Å². The van der Waals surface area contributed by atoms with Crippen LogP contribution in [0, 0.1) is 5.82 Å². The first-order valence-electron chi connectivity index (χ1n) is 12.1. The number of nitrogens with one attached hydrogen (secondary N) is 1. The van der Waals surface area contributed by atoms with Gasteiger partial charge in [0.15, 0.2) is 11.6 Å². The van der Waals surface area contributed by atoms with Crippen molar-refractivity contribution in [1.29, 1.82) is 0 Å². The van der Waals surface area contributed by atoms with Crippen LogP contribution >= 0.6 is 0 Å². The summed E-state index contributed by atoms with van der Waals surface area (Å²) in [5.74, 6) is -0.257.